The smallest absolute Gasteiger partial charge is 0.254 e. The average Bonchev–Trinajstić information content (AvgIpc) is 3.35. The average molecular weight is 423 g/mol. The van der Waals surface area contributed by atoms with Gasteiger partial charge in [-0.25, -0.2) is 4.98 Å². The van der Waals surface area contributed by atoms with Crippen molar-refractivity contribution in [3.63, 3.8) is 0 Å². The molecule has 1 aliphatic carbocycles. The Morgan fingerprint density at radius 1 is 1.27 bits per heavy atom. The second-order valence-corrected chi connectivity index (χ2v) is 7.92. The summed E-state index contributed by atoms with van der Waals surface area (Å²) in [5.74, 6) is 0.840. The largest absolute Gasteiger partial charge is 0.367 e. The third kappa shape index (κ3) is 3.86. The van der Waals surface area contributed by atoms with E-state index in [1.807, 2.05) is 30.3 Å². The Balaban J connectivity index is 1.50. The number of imide groups is 1. The minimum Gasteiger partial charge on any atom is -0.367 e. The molecule has 3 aromatic rings. The van der Waals surface area contributed by atoms with E-state index < -0.39 is 0 Å². The van der Waals surface area contributed by atoms with E-state index in [4.69, 9.17) is 16.6 Å². The third-order valence-corrected chi connectivity index (χ3v) is 5.25. The second-order valence-electron chi connectivity index (χ2n) is 7.49. The van der Waals surface area contributed by atoms with Gasteiger partial charge in [-0.3, -0.25) is 14.9 Å². The molecule has 1 saturated carbocycles. The first-order valence-electron chi connectivity index (χ1n) is 9.73. The van der Waals surface area contributed by atoms with Crippen molar-refractivity contribution in [1.29, 1.82) is 0 Å². The first kappa shape index (κ1) is 18.6. The summed E-state index contributed by atoms with van der Waals surface area (Å²) in [7, 11) is 0. The predicted octanol–water partition coefficient (Wildman–Crippen LogP) is 3.00. The molecule has 0 atom stereocenters. The molecule has 3 N–H and O–H groups in total. The van der Waals surface area contributed by atoms with Crippen molar-refractivity contribution in [1.82, 2.24) is 19.9 Å². The van der Waals surface area contributed by atoms with Crippen molar-refractivity contribution >= 4 is 46.8 Å². The van der Waals surface area contributed by atoms with Crippen LogP contribution in [0.15, 0.2) is 42.1 Å². The number of halogens is 1. The molecule has 1 saturated heterocycles. The minimum absolute atomic E-state index is 0.0655. The number of anilines is 2. The van der Waals surface area contributed by atoms with Gasteiger partial charge < -0.3 is 10.6 Å². The quantitative estimate of drug-likeness (QED) is 0.417. The molecule has 2 amide bonds. The van der Waals surface area contributed by atoms with E-state index in [9.17, 15) is 9.59 Å². The highest BCUT2D eigenvalue weighted by Gasteiger charge is 2.25. The Bertz CT molecular complexity index is 1200. The number of amides is 2. The molecule has 8 nitrogen and oxygen atoms in total. The summed E-state index contributed by atoms with van der Waals surface area (Å²) in [5.41, 5.74) is 2.73. The molecular formula is C21H19ClN6O2. The zero-order valence-electron chi connectivity index (χ0n) is 16.0. The van der Waals surface area contributed by atoms with Crippen molar-refractivity contribution < 1.29 is 9.59 Å². The first-order valence-corrected chi connectivity index (χ1v) is 10.1. The summed E-state index contributed by atoms with van der Waals surface area (Å²) >= 11 is 6.08. The Labute approximate surface area is 177 Å². The highest BCUT2D eigenvalue weighted by Crippen LogP contribution is 2.28. The van der Waals surface area contributed by atoms with E-state index in [0.717, 1.165) is 24.2 Å². The standard InChI is InChI=1S/C21H19ClN6O2/c22-15-3-1-2-12(6-15)10-23-17-9-18(25-16-4-5-16)28-20(26-17)14(11-24-28)7-13-8-19(29)27-21(13)30/h1-3,6-7,9,11,16,25H,4-5,8,10H2,(H,23,26)(H,27,29,30). The van der Waals surface area contributed by atoms with Crippen LogP contribution in [-0.2, 0) is 16.1 Å². The summed E-state index contributed by atoms with van der Waals surface area (Å²) < 4.78 is 1.73. The van der Waals surface area contributed by atoms with E-state index in [1.165, 1.54) is 0 Å². The van der Waals surface area contributed by atoms with Crippen molar-refractivity contribution in [2.45, 2.75) is 31.8 Å². The van der Waals surface area contributed by atoms with E-state index in [1.54, 1.807) is 16.8 Å². The van der Waals surface area contributed by atoms with Crippen LogP contribution in [0.2, 0.25) is 5.02 Å². The number of nitrogens with zero attached hydrogens (tertiary/aromatic N) is 3. The predicted molar refractivity (Wildman–Crippen MR) is 114 cm³/mol. The molecule has 9 heteroatoms. The van der Waals surface area contributed by atoms with Crippen molar-refractivity contribution in [3.05, 3.63) is 58.3 Å². The first-order chi connectivity index (χ1) is 14.5. The topological polar surface area (TPSA) is 100 Å². The van der Waals surface area contributed by atoms with Gasteiger partial charge in [0.25, 0.3) is 5.91 Å². The molecule has 0 bridgehead atoms. The van der Waals surface area contributed by atoms with Crippen LogP contribution in [0.25, 0.3) is 11.7 Å². The van der Waals surface area contributed by atoms with Crippen LogP contribution in [0.3, 0.4) is 0 Å². The Morgan fingerprint density at radius 2 is 2.13 bits per heavy atom. The Hall–Kier alpha value is -3.39. The number of hydrogen-bond donors (Lipinski definition) is 3. The van der Waals surface area contributed by atoms with Gasteiger partial charge in [-0.1, -0.05) is 23.7 Å². The van der Waals surface area contributed by atoms with Gasteiger partial charge in [-0.2, -0.15) is 9.61 Å². The van der Waals surface area contributed by atoms with E-state index in [-0.39, 0.29) is 18.2 Å². The van der Waals surface area contributed by atoms with Crippen molar-refractivity contribution in [2.75, 3.05) is 10.6 Å². The van der Waals surface area contributed by atoms with E-state index >= 15 is 0 Å². The van der Waals surface area contributed by atoms with Crippen LogP contribution in [0.4, 0.5) is 11.6 Å². The zero-order chi connectivity index (χ0) is 20.7. The summed E-state index contributed by atoms with van der Waals surface area (Å²) in [5, 5.41) is 14.2. The number of hydrogen-bond acceptors (Lipinski definition) is 6. The highest BCUT2D eigenvalue weighted by molar-refractivity contribution is 6.30. The third-order valence-electron chi connectivity index (χ3n) is 5.02. The number of aromatic nitrogens is 3. The van der Waals surface area contributed by atoms with Crippen molar-refractivity contribution in [3.8, 4) is 0 Å². The van der Waals surface area contributed by atoms with Crippen LogP contribution in [0, 0.1) is 0 Å². The van der Waals surface area contributed by atoms with Crippen LogP contribution >= 0.6 is 11.6 Å². The molecule has 1 aliphatic heterocycles. The second kappa shape index (κ2) is 7.46. The number of nitrogens with one attached hydrogen (secondary N) is 3. The molecule has 152 valence electrons. The van der Waals surface area contributed by atoms with Crippen LogP contribution in [0.5, 0.6) is 0 Å². The molecule has 2 aromatic heterocycles. The number of carbonyl (C=O) groups excluding carboxylic acids is 2. The van der Waals surface area contributed by atoms with Gasteiger partial charge in [0.05, 0.1) is 12.6 Å². The van der Waals surface area contributed by atoms with Gasteiger partial charge in [-0.15, -0.1) is 0 Å². The highest BCUT2D eigenvalue weighted by atomic mass is 35.5. The SMILES string of the molecule is O=C1CC(=Cc2cnn3c(NC4CC4)cc(NCc4cccc(Cl)c4)nc23)C(=O)N1. The van der Waals surface area contributed by atoms with E-state index in [0.29, 0.717) is 40.2 Å². The molecular weight excluding hydrogens is 404 g/mol. The number of benzene rings is 1. The van der Waals surface area contributed by atoms with Crippen LogP contribution in [0.1, 0.15) is 30.4 Å². The number of carbonyl (C=O) groups is 2. The molecule has 0 radical (unpaired) electrons. The summed E-state index contributed by atoms with van der Waals surface area (Å²) in [4.78, 5) is 28.1. The lowest BCUT2D eigenvalue weighted by molar-refractivity contribution is -0.124. The van der Waals surface area contributed by atoms with Crippen LogP contribution in [-0.4, -0.2) is 32.5 Å². The Kier molecular flexibility index (Phi) is 4.63. The fraction of sp³-hybridized carbons (Fsp3) is 0.238. The molecule has 0 spiro atoms. The summed E-state index contributed by atoms with van der Waals surface area (Å²) in [6, 6.07) is 9.99. The summed E-state index contributed by atoms with van der Waals surface area (Å²) in [6.45, 7) is 0.564. The lowest BCUT2D eigenvalue weighted by atomic mass is 10.1. The molecule has 5 rings (SSSR count). The number of fused-ring (bicyclic) bond motifs is 1. The molecule has 0 unspecified atom stereocenters. The molecule has 2 aliphatic rings. The zero-order valence-corrected chi connectivity index (χ0v) is 16.7. The van der Waals surface area contributed by atoms with Gasteiger partial charge >= 0.3 is 0 Å². The lowest BCUT2D eigenvalue weighted by Crippen LogP contribution is -2.19. The maximum absolute atomic E-state index is 11.9. The molecule has 3 heterocycles. The van der Waals surface area contributed by atoms with Crippen LogP contribution < -0.4 is 16.0 Å². The van der Waals surface area contributed by atoms with Gasteiger partial charge in [0.15, 0.2) is 5.65 Å². The fourth-order valence-electron chi connectivity index (χ4n) is 3.36. The fourth-order valence-corrected chi connectivity index (χ4v) is 3.57. The molecule has 1 aromatic carbocycles. The lowest BCUT2D eigenvalue weighted by Gasteiger charge is -2.12. The summed E-state index contributed by atoms with van der Waals surface area (Å²) in [6.07, 6.45) is 5.64. The minimum atomic E-state index is -0.370. The Morgan fingerprint density at radius 3 is 2.87 bits per heavy atom. The van der Waals surface area contributed by atoms with Gasteiger partial charge in [0.2, 0.25) is 5.91 Å². The van der Waals surface area contributed by atoms with Crippen molar-refractivity contribution in [2.24, 2.45) is 0 Å². The van der Waals surface area contributed by atoms with E-state index in [2.05, 4.69) is 21.0 Å². The maximum atomic E-state index is 11.9. The maximum Gasteiger partial charge on any atom is 0.254 e. The van der Waals surface area contributed by atoms with Gasteiger partial charge in [0, 0.05) is 34.8 Å². The number of rotatable bonds is 6. The normalized spacial score (nSPS) is 17.6. The molecule has 2 fully saturated rings. The molecule has 30 heavy (non-hydrogen) atoms. The van der Waals surface area contributed by atoms with Gasteiger partial charge in [0.1, 0.15) is 11.6 Å². The monoisotopic (exact) mass is 422 g/mol. The van der Waals surface area contributed by atoms with Gasteiger partial charge in [-0.05, 0) is 36.6 Å².